The molecule has 1 amide bonds. The zero-order valence-electron chi connectivity index (χ0n) is 16.0. The van der Waals surface area contributed by atoms with E-state index in [2.05, 4.69) is 5.32 Å². The second-order valence-electron chi connectivity index (χ2n) is 7.59. The van der Waals surface area contributed by atoms with E-state index >= 15 is 0 Å². The van der Waals surface area contributed by atoms with Crippen LogP contribution in [0.5, 0.6) is 0 Å². The molecule has 0 saturated carbocycles. The number of benzene rings is 2. The van der Waals surface area contributed by atoms with E-state index in [9.17, 15) is 14.4 Å². The van der Waals surface area contributed by atoms with E-state index in [1.807, 2.05) is 24.3 Å². The molecule has 5 nitrogen and oxygen atoms in total. The van der Waals surface area contributed by atoms with Crippen LogP contribution in [0.15, 0.2) is 59.5 Å². The van der Waals surface area contributed by atoms with E-state index in [1.54, 1.807) is 49.6 Å². The van der Waals surface area contributed by atoms with Gasteiger partial charge >= 0.3 is 0 Å². The Kier molecular flexibility index (Phi) is 5.38. The third-order valence-electron chi connectivity index (χ3n) is 4.51. The Labute approximate surface area is 167 Å². The first-order valence-corrected chi connectivity index (χ1v) is 9.28. The van der Waals surface area contributed by atoms with Gasteiger partial charge in [0.1, 0.15) is 5.56 Å². The lowest BCUT2D eigenvalue weighted by Crippen LogP contribution is -2.37. The molecule has 0 spiro atoms. The van der Waals surface area contributed by atoms with Crippen LogP contribution < -0.4 is 10.7 Å². The molecule has 1 aromatic heterocycles. The molecule has 2 aromatic carbocycles. The third-order valence-corrected chi connectivity index (χ3v) is 4.76. The minimum absolute atomic E-state index is 0.0182. The maximum absolute atomic E-state index is 12.9. The molecule has 0 fully saturated rings. The van der Waals surface area contributed by atoms with Crippen LogP contribution in [-0.4, -0.2) is 22.8 Å². The van der Waals surface area contributed by atoms with Crippen molar-refractivity contribution in [1.29, 1.82) is 0 Å². The van der Waals surface area contributed by atoms with Crippen molar-refractivity contribution in [1.82, 2.24) is 9.88 Å². The highest BCUT2D eigenvalue weighted by Gasteiger charge is 2.23. The standard InChI is InChI=1S/C22H21ClN2O3/c1-22(2,3)19(26)12-24-21(28)17-13-25(15-10-8-14(23)9-11-15)18-7-5-4-6-16(18)20(17)27/h4-11,13H,12H2,1-3H3,(H,24,28). The second-order valence-corrected chi connectivity index (χ2v) is 8.03. The zero-order valence-corrected chi connectivity index (χ0v) is 16.7. The van der Waals surface area contributed by atoms with Gasteiger partial charge in [0, 0.05) is 27.7 Å². The molecule has 0 aliphatic rings. The number of amides is 1. The van der Waals surface area contributed by atoms with Gasteiger partial charge in [0.25, 0.3) is 5.91 Å². The number of ketones is 1. The Hall–Kier alpha value is -2.92. The van der Waals surface area contributed by atoms with Crippen molar-refractivity contribution in [3.63, 3.8) is 0 Å². The molecule has 0 aliphatic carbocycles. The summed E-state index contributed by atoms with van der Waals surface area (Å²) in [6.45, 7) is 5.22. The highest BCUT2D eigenvalue weighted by Crippen LogP contribution is 2.20. The Morgan fingerprint density at radius 2 is 1.68 bits per heavy atom. The fourth-order valence-electron chi connectivity index (χ4n) is 2.78. The summed E-state index contributed by atoms with van der Waals surface area (Å²) in [6, 6.07) is 14.2. The van der Waals surface area contributed by atoms with Crippen molar-refractivity contribution in [2.75, 3.05) is 6.54 Å². The third kappa shape index (κ3) is 3.99. The fraction of sp³-hybridized carbons (Fsp3) is 0.227. The average molecular weight is 397 g/mol. The number of fused-ring (bicyclic) bond motifs is 1. The Morgan fingerprint density at radius 3 is 2.32 bits per heavy atom. The number of hydrogen-bond acceptors (Lipinski definition) is 3. The summed E-state index contributed by atoms with van der Waals surface area (Å²) in [7, 11) is 0. The quantitative estimate of drug-likeness (QED) is 0.725. The van der Waals surface area contributed by atoms with E-state index in [0.29, 0.717) is 15.9 Å². The van der Waals surface area contributed by atoms with Crippen LogP contribution in [0.25, 0.3) is 16.6 Å². The summed E-state index contributed by atoms with van der Waals surface area (Å²) in [5.41, 5.74) is 0.481. The Balaban J connectivity index is 2.07. The molecule has 0 saturated heterocycles. The molecule has 0 atom stereocenters. The molecular formula is C22H21ClN2O3. The highest BCUT2D eigenvalue weighted by molar-refractivity contribution is 6.30. The van der Waals surface area contributed by atoms with Crippen LogP contribution in [0.4, 0.5) is 0 Å². The number of halogens is 1. The first-order chi connectivity index (χ1) is 13.2. The summed E-state index contributed by atoms with van der Waals surface area (Å²) in [5, 5.41) is 3.59. The smallest absolute Gasteiger partial charge is 0.257 e. The van der Waals surface area contributed by atoms with Gasteiger partial charge in [-0.05, 0) is 36.4 Å². The molecule has 6 heteroatoms. The van der Waals surface area contributed by atoms with Crippen LogP contribution in [0.2, 0.25) is 5.02 Å². The minimum Gasteiger partial charge on any atom is -0.345 e. The number of carbonyl (C=O) groups is 2. The largest absolute Gasteiger partial charge is 0.345 e. The lowest BCUT2D eigenvalue weighted by atomic mass is 9.91. The van der Waals surface area contributed by atoms with Gasteiger partial charge in [-0.15, -0.1) is 0 Å². The summed E-state index contributed by atoms with van der Waals surface area (Å²) in [5.74, 6) is -0.685. The Bertz CT molecular complexity index is 1110. The van der Waals surface area contributed by atoms with Gasteiger partial charge in [0.2, 0.25) is 5.43 Å². The zero-order chi connectivity index (χ0) is 20.5. The van der Waals surface area contributed by atoms with E-state index in [0.717, 1.165) is 5.69 Å². The number of para-hydroxylation sites is 1. The molecule has 144 valence electrons. The van der Waals surface area contributed by atoms with Crippen molar-refractivity contribution in [2.45, 2.75) is 20.8 Å². The number of hydrogen-bond donors (Lipinski definition) is 1. The molecule has 1 N–H and O–H groups in total. The van der Waals surface area contributed by atoms with Gasteiger partial charge in [0.15, 0.2) is 5.78 Å². The number of rotatable bonds is 4. The fourth-order valence-corrected chi connectivity index (χ4v) is 2.90. The molecule has 0 bridgehead atoms. The summed E-state index contributed by atoms with van der Waals surface area (Å²) < 4.78 is 1.77. The van der Waals surface area contributed by atoms with E-state index in [-0.39, 0.29) is 23.3 Å². The normalized spacial score (nSPS) is 11.4. The van der Waals surface area contributed by atoms with Crippen LogP contribution in [-0.2, 0) is 4.79 Å². The van der Waals surface area contributed by atoms with Gasteiger partial charge in [-0.2, -0.15) is 0 Å². The summed E-state index contributed by atoms with van der Waals surface area (Å²) in [6.07, 6.45) is 1.50. The maximum atomic E-state index is 12.9. The lowest BCUT2D eigenvalue weighted by molar-refractivity contribution is -0.125. The number of pyridine rings is 1. The Morgan fingerprint density at radius 1 is 1.04 bits per heavy atom. The SMILES string of the molecule is CC(C)(C)C(=O)CNC(=O)c1cn(-c2ccc(Cl)cc2)c2ccccc2c1=O. The van der Waals surface area contributed by atoms with Crippen LogP contribution >= 0.6 is 11.6 Å². The molecule has 0 aliphatic heterocycles. The maximum Gasteiger partial charge on any atom is 0.257 e. The van der Waals surface area contributed by atoms with Crippen LogP contribution in [0, 0.1) is 5.41 Å². The summed E-state index contributed by atoms with van der Waals surface area (Å²) >= 11 is 5.98. The van der Waals surface area contributed by atoms with Crippen molar-refractivity contribution in [2.24, 2.45) is 5.41 Å². The number of aromatic nitrogens is 1. The molecule has 3 aromatic rings. The van der Waals surface area contributed by atoms with E-state index in [1.165, 1.54) is 6.20 Å². The monoisotopic (exact) mass is 396 g/mol. The first-order valence-electron chi connectivity index (χ1n) is 8.90. The molecular weight excluding hydrogens is 376 g/mol. The second kappa shape index (κ2) is 7.60. The minimum atomic E-state index is -0.573. The predicted octanol–water partition coefficient (Wildman–Crippen LogP) is 3.99. The lowest BCUT2D eigenvalue weighted by Gasteiger charge is -2.17. The summed E-state index contributed by atoms with van der Waals surface area (Å²) in [4.78, 5) is 37.7. The number of carbonyl (C=O) groups excluding carboxylic acids is 2. The van der Waals surface area contributed by atoms with Crippen molar-refractivity contribution < 1.29 is 9.59 Å². The van der Waals surface area contributed by atoms with Crippen molar-refractivity contribution in [3.8, 4) is 5.69 Å². The topological polar surface area (TPSA) is 68.2 Å². The van der Waals surface area contributed by atoms with Gasteiger partial charge in [-0.1, -0.05) is 44.5 Å². The molecule has 1 heterocycles. The number of nitrogens with one attached hydrogen (secondary N) is 1. The highest BCUT2D eigenvalue weighted by atomic mass is 35.5. The molecule has 3 rings (SSSR count). The van der Waals surface area contributed by atoms with Gasteiger partial charge < -0.3 is 9.88 Å². The van der Waals surface area contributed by atoms with Gasteiger partial charge in [-0.3, -0.25) is 14.4 Å². The number of Topliss-reactive ketones (excluding diaryl/α,β-unsaturated/α-hetero) is 1. The molecule has 0 unspecified atom stereocenters. The van der Waals surface area contributed by atoms with Crippen molar-refractivity contribution >= 4 is 34.2 Å². The molecule has 0 radical (unpaired) electrons. The predicted molar refractivity (Wildman–Crippen MR) is 111 cm³/mol. The van der Waals surface area contributed by atoms with Gasteiger partial charge in [0.05, 0.1) is 12.1 Å². The van der Waals surface area contributed by atoms with Gasteiger partial charge in [-0.25, -0.2) is 0 Å². The van der Waals surface area contributed by atoms with E-state index < -0.39 is 11.3 Å². The van der Waals surface area contributed by atoms with Crippen LogP contribution in [0.1, 0.15) is 31.1 Å². The first kappa shape index (κ1) is 19.8. The van der Waals surface area contributed by atoms with E-state index in [4.69, 9.17) is 11.6 Å². The van der Waals surface area contributed by atoms with Crippen LogP contribution in [0.3, 0.4) is 0 Å². The average Bonchev–Trinajstić information content (AvgIpc) is 2.66. The molecule has 28 heavy (non-hydrogen) atoms. The van der Waals surface area contributed by atoms with Crippen molar-refractivity contribution in [3.05, 3.63) is 75.5 Å². The number of nitrogens with zero attached hydrogens (tertiary/aromatic N) is 1.